The number of pyridine rings is 1. The smallest absolute Gasteiger partial charge is 0.206 e. The highest BCUT2D eigenvalue weighted by molar-refractivity contribution is 5.56. The van der Waals surface area contributed by atoms with Crippen molar-refractivity contribution in [2.75, 3.05) is 0 Å². The molecule has 1 heterocycles. The molecular formula is C18H15FN+. The Hall–Kier alpha value is -2.48. The molecule has 0 saturated heterocycles. The van der Waals surface area contributed by atoms with E-state index < -0.39 is 0 Å². The van der Waals surface area contributed by atoms with Gasteiger partial charge < -0.3 is 0 Å². The molecule has 0 atom stereocenters. The van der Waals surface area contributed by atoms with Crippen molar-refractivity contribution in [3.63, 3.8) is 0 Å². The van der Waals surface area contributed by atoms with Crippen LogP contribution in [-0.2, 0) is 6.54 Å². The second-order valence-corrected chi connectivity index (χ2v) is 4.68. The van der Waals surface area contributed by atoms with Gasteiger partial charge in [-0.1, -0.05) is 42.5 Å². The van der Waals surface area contributed by atoms with Crippen LogP contribution in [0.2, 0.25) is 0 Å². The highest BCUT2D eigenvalue weighted by Crippen LogP contribution is 2.19. The second-order valence-electron chi connectivity index (χ2n) is 4.68. The van der Waals surface area contributed by atoms with Crippen molar-refractivity contribution in [3.8, 4) is 11.3 Å². The maximum atomic E-state index is 14.0. The summed E-state index contributed by atoms with van der Waals surface area (Å²) in [4.78, 5) is 0. The van der Waals surface area contributed by atoms with Crippen LogP contribution in [0.25, 0.3) is 11.3 Å². The zero-order chi connectivity index (χ0) is 13.8. The highest BCUT2D eigenvalue weighted by Gasteiger charge is 2.15. The number of rotatable bonds is 3. The first kappa shape index (κ1) is 12.5. The summed E-state index contributed by atoms with van der Waals surface area (Å²) >= 11 is 0. The lowest BCUT2D eigenvalue weighted by molar-refractivity contribution is -0.677. The SMILES string of the molecule is Fc1ccccc1-c1cccc[n+]1Cc1ccccc1. The van der Waals surface area contributed by atoms with Crippen molar-refractivity contribution in [3.05, 3.63) is 90.4 Å². The average Bonchev–Trinajstić information content (AvgIpc) is 2.50. The van der Waals surface area contributed by atoms with Crippen molar-refractivity contribution in [2.24, 2.45) is 0 Å². The summed E-state index contributed by atoms with van der Waals surface area (Å²) in [6.07, 6.45) is 1.98. The summed E-state index contributed by atoms with van der Waals surface area (Å²) in [5.41, 5.74) is 2.71. The Morgan fingerprint density at radius 2 is 1.45 bits per heavy atom. The fourth-order valence-corrected chi connectivity index (χ4v) is 2.31. The minimum Gasteiger partial charge on any atom is -0.206 e. The molecule has 3 aromatic rings. The van der Waals surface area contributed by atoms with Crippen LogP contribution in [0.4, 0.5) is 4.39 Å². The largest absolute Gasteiger partial charge is 0.215 e. The molecule has 1 nitrogen and oxygen atoms in total. The molecule has 0 amide bonds. The van der Waals surface area contributed by atoms with Crippen LogP contribution in [0, 0.1) is 5.82 Å². The quantitative estimate of drug-likeness (QED) is 0.633. The number of hydrogen-bond donors (Lipinski definition) is 0. The van der Waals surface area contributed by atoms with E-state index in [1.807, 2.05) is 54.7 Å². The van der Waals surface area contributed by atoms with E-state index in [1.54, 1.807) is 6.07 Å². The van der Waals surface area contributed by atoms with Gasteiger partial charge in [-0.2, -0.15) is 4.57 Å². The van der Waals surface area contributed by atoms with Crippen LogP contribution in [0.15, 0.2) is 79.0 Å². The predicted molar refractivity (Wildman–Crippen MR) is 77.6 cm³/mol. The van der Waals surface area contributed by atoms with Gasteiger partial charge in [0.15, 0.2) is 12.7 Å². The van der Waals surface area contributed by atoms with E-state index in [2.05, 4.69) is 16.7 Å². The van der Waals surface area contributed by atoms with Gasteiger partial charge in [0.05, 0.1) is 5.56 Å². The number of aromatic nitrogens is 1. The summed E-state index contributed by atoms with van der Waals surface area (Å²) in [5.74, 6) is -0.194. The van der Waals surface area contributed by atoms with E-state index in [9.17, 15) is 4.39 Å². The lowest BCUT2D eigenvalue weighted by atomic mass is 10.1. The molecule has 0 saturated carbocycles. The number of nitrogens with zero attached hydrogens (tertiary/aromatic N) is 1. The Bertz CT molecular complexity index is 707. The summed E-state index contributed by atoms with van der Waals surface area (Å²) < 4.78 is 16.0. The lowest BCUT2D eigenvalue weighted by Crippen LogP contribution is -2.36. The van der Waals surface area contributed by atoms with Gasteiger partial charge in [-0.05, 0) is 18.2 Å². The first-order valence-corrected chi connectivity index (χ1v) is 6.62. The van der Waals surface area contributed by atoms with Gasteiger partial charge in [0, 0.05) is 17.7 Å². The molecule has 0 spiro atoms. The molecule has 1 aromatic heterocycles. The molecule has 2 heteroatoms. The normalized spacial score (nSPS) is 10.4. The fourth-order valence-electron chi connectivity index (χ4n) is 2.31. The standard InChI is InChI=1S/C18H15FN/c19-17-11-5-4-10-16(17)18-12-6-7-13-20(18)14-15-8-2-1-3-9-15/h1-13H,14H2/q+1. The van der Waals surface area contributed by atoms with Gasteiger partial charge in [-0.15, -0.1) is 0 Å². The zero-order valence-corrected chi connectivity index (χ0v) is 11.0. The molecule has 0 radical (unpaired) electrons. The Balaban J connectivity index is 2.03. The molecule has 0 aliphatic heterocycles. The molecule has 98 valence electrons. The van der Waals surface area contributed by atoms with Gasteiger partial charge >= 0.3 is 0 Å². The van der Waals surface area contributed by atoms with E-state index in [4.69, 9.17) is 0 Å². The third-order valence-electron chi connectivity index (χ3n) is 3.29. The van der Waals surface area contributed by atoms with Gasteiger partial charge in [-0.3, -0.25) is 0 Å². The molecule has 0 aliphatic rings. The minimum absolute atomic E-state index is 0.194. The molecule has 20 heavy (non-hydrogen) atoms. The molecule has 0 fully saturated rings. The molecule has 0 unspecified atom stereocenters. The Labute approximate surface area is 118 Å². The van der Waals surface area contributed by atoms with Crippen molar-refractivity contribution in [2.45, 2.75) is 6.54 Å². The summed E-state index contributed by atoms with van der Waals surface area (Å²) in [7, 11) is 0. The van der Waals surface area contributed by atoms with Crippen LogP contribution in [-0.4, -0.2) is 0 Å². The average molecular weight is 264 g/mol. The number of benzene rings is 2. The van der Waals surface area contributed by atoms with E-state index in [1.165, 1.54) is 11.6 Å². The van der Waals surface area contributed by atoms with Gasteiger partial charge in [0.1, 0.15) is 5.82 Å². The Morgan fingerprint density at radius 3 is 2.25 bits per heavy atom. The first-order chi connectivity index (χ1) is 9.84. The van der Waals surface area contributed by atoms with E-state index in [-0.39, 0.29) is 5.82 Å². The van der Waals surface area contributed by atoms with Crippen LogP contribution < -0.4 is 4.57 Å². The van der Waals surface area contributed by atoms with E-state index in [0.717, 1.165) is 12.2 Å². The van der Waals surface area contributed by atoms with Crippen molar-refractivity contribution < 1.29 is 8.96 Å². The molecule has 0 aliphatic carbocycles. The molecule has 0 N–H and O–H groups in total. The van der Waals surface area contributed by atoms with Crippen LogP contribution in [0.3, 0.4) is 0 Å². The maximum Gasteiger partial charge on any atom is 0.215 e. The van der Waals surface area contributed by atoms with Crippen LogP contribution >= 0.6 is 0 Å². The van der Waals surface area contributed by atoms with Crippen molar-refractivity contribution >= 4 is 0 Å². The van der Waals surface area contributed by atoms with Crippen molar-refractivity contribution in [1.29, 1.82) is 0 Å². The molecule has 2 aromatic carbocycles. The van der Waals surface area contributed by atoms with Crippen LogP contribution in [0.5, 0.6) is 0 Å². The highest BCUT2D eigenvalue weighted by atomic mass is 19.1. The molecule has 0 bridgehead atoms. The van der Waals surface area contributed by atoms with Gasteiger partial charge in [0.25, 0.3) is 0 Å². The summed E-state index contributed by atoms with van der Waals surface area (Å²) in [5, 5.41) is 0. The Kier molecular flexibility index (Phi) is 3.55. The summed E-state index contributed by atoms with van der Waals surface area (Å²) in [6.45, 7) is 0.728. The summed E-state index contributed by atoms with van der Waals surface area (Å²) in [6, 6.07) is 22.9. The molecule has 3 rings (SSSR count). The first-order valence-electron chi connectivity index (χ1n) is 6.62. The monoisotopic (exact) mass is 264 g/mol. The zero-order valence-electron chi connectivity index (χ0n) is 11.0. The van der Waals surface area contributed by atoms with E-state index >= 15 is 0 Å². The topological polar surface area (TPSA) is 3.88 Å². The Morgan fingerprint density at radius 1 is 0.750 bits per heavy atom. The van der Waals surface area contributed by atoms with Crippen LogP contribution in [0.1, 0.15) is 5.56 Å². The molecular weight excluding hydrogens is 249 g/mol. The van der Waals surface area contributed by atoms with Gasteiger partial charge in [-0.25, -0.2) is 4.39 Å². The second kappa shape index (κ2) is 5.66. The number of halogens is 1. The predicted octanol–water partition coefficient (Wildman–Crippen LogP) is 3.83. The lowest BCUT2D eigenvalue weighted by Gasteiger charge is -2.05. The van der Waals surface area contributed by atoms with Crippen molar-refractivity contribution in [1.82, 2.24) is 0 Å². The maximum absolute atomic E-state index is 14.0. The third kappa shape index (κ3) is 2.59. The third-order valence-corrected chi connectivity index (χ3v) is 3.29. The number of hydrogen-bond acceptors (Lipinski definition) is 0. The van der Waals surface area contributed by atoms with Gasteiger partial charge in [0.2, 0.25) is 5.69 Å². The van der Waals surface area contributed by atoms with E-state index in [0.29, 0.717) is 5.56 Å². The minimum atomic E-state index is -0.194. The fraction of sp³-hybridized carbons (Fsp3) is 0.0556.